The first-order valence-electron chi connectivity index (χ1n) is 8.76. The average Bonchev–Trinajstić information content (AvgIpc) is 3.19. The first-order valence-corrected chi connectivity index (χ1v) is 9.57. The Hall–Kier alpha value is -2.20. The van der Waals surface area contributed by atoms with Crippen LogP contribution in [0.25, 0.3) is 16.2 Å². The van der Waals surface area contributed by atoms with Crippen LogP contribution in [0.3, 0.4) is 0 Å². The molecule has 1 N–H and O–H groups in total. The molecule has 0 radical (unpaired) electrons. The first kappa shape index (κ1) is 18.2. The Bertz CT molecular complexity index is 852. The predicted octanol–water partition coefficient (Wildman–Crippen LogP) is 3.54. The number of piperidine rings is 1. The van der Waals surface area contributed by atoms with E-state index in [1.165, 1.54) is 16.2 Å². The van der Waals surface area contributed by atoms with E-state index < -0.39 is 12.7 Å². The Labute approximate surface area is 158 Å². The molecule has 1 fully saturated rings. The van der Waals surface area contributed by atoms with Crippen LogP contribution in [0.1, 0.15) is 12.8 Å². The zero-order valence-corrected chi connectivity index (χ0v) is 15.3. The molecule has 0 bridgehead atoms. The highest BCUT2D eigenvalue weighted by Gasteiger charge is 2.32. The van der Waals surface area contributed by atoms with E-state index in [-0.39, 0.29) is 0 Å². The minimum absolute atomic E-state index is 0.358. The molecule has 0 spiro atoms. The summed E-state index contributed by atoms with van der Waals surface area (Å²) in [4.78, 5) is 10.9. The highest BCUT2D eigenvalue weighted by molar-refractivity contribution is 7.20. The summed E-state index contributed by atoms with van der Waals surface area (Å²) in [5.74, 6) is 0.358. The van der Waals surface area contributed by atoms with Crippen LogP contribution in [0.15, 0.2) is 30.7 Å². The van der Waals surface area contributed by atoms with E-state index in [1.54, 1.807) is 16.9 Å². The molecule has 3 aromatic rings. The van der Waals surface area contributed by atoms with Crippen LogP contribution < -0.4 is 5.32 Å². The van der Waals surface area contributed by atoms with Gasteiger partial charge in [0.2, 0.25) is 10.1 Å². The van der Waals surface area contributed by atoms with E-state index in [9.17, 15) is 13.2 Å². The van der Waals surface area contributed by atoms with Crippen molar-refractivity contribution in [1.82, 2.24) is 24.5 Å². The lowest BCUT2D eigenvalue weighted by molar-refractivity contribution is -0.148. The van der Waals surface area contributed by atoms with Gasteiger partial charge in [0.1, 0.15) is 0 Å². The van der Waals surface area contributed by atoms with Gasteiger partial charge in [0.05, 0.1) is 18.4 Å². The fourth-order valence-corrected chi connectivity index (χ4v) is 4.05. The summed E-state index contributed by atoms with van der Waals surface area (Å²) < 4.78 is 39.1. The van der Waals surface area contributed by atoms with E-state index in [4.69, 9.17) is 0 Å². The number of halogens is 3. The van der Waals surface area contributed by atoms with Crippen LogP contribution in [0.4, 0.5) is 18.3 Å². The average molecular weight is 396 g/mol. The number of alkyl halides is 3. The highest BCUT2D eigenvalue weighted by Crippen LogP contribution is 2.26. The summed E-state index contributed by atoms with van der Waals surface area (Å²) in [6.45, 7) is 0.880. The fraction of sp³-hybridized carbons (Fsp3) is 0.471. The van der Waals surface area contributed by atoms with Crippen molar-refractivity contribution in [3.8, 4) is 11.3 Å². The molecule has 4 heterocycles. The number of aromatic nitrogens is 4. The lowest BCUT2D eigenvalue weighted by Crippen LogP contribution is -2.41. The van der Waals surface area contributed by atoms with E-state index in [1.807, 2.05) is 18.3 Å². The van der Waals surface area contributed by atoms with Gasteiger partial charge in [-0.15, -0.1) is 5.10 Å². The fourth-order valence-electron chi connectivity index (χ4n) is 3.26. The quantitative estimate of drug-likeness (QED) is 0.715. The molecule has 0 unspecified atom stereocenters. The molecule has 3 aromatic heterocycles. The van der Waals surface area contributed by atoms with E-state index >= 15 is 0 Å². The van der Waals surface area contributed by atoms with Crippen LogP contribution in [0.2, 0.25) is 0 Å². The topological polar surface area (TPSA) is 58.4 Å². The number of anilines is 1. The van der Waals surface area contributed by atoms with E-state index in [2.05, 4.69) is 20.4 Å². The van der Waals surface area contributed by atoms with Crippen LogP contribution in [-0.2, 0) is 0 Å². The second kappa shape index (κ2) is 7.43. The first-order chi connectivity index (χ1) is 13.0. The summed E-state index contributed by atoms with van der Waals surface area (Å²) in [6.07, 6.45) is 2.75. The molecule has 6 nitrogen and oxygen atoms in total. The number of fused-ring (bicyclic) bond motifs is 1. The molecule has 4 rings (SSSR count). The van der Waals surface area contributed by atoms with Crippen LogP contribution >= 0.6 is 11.3 Å². The number of likely N-dealkylation sites (tertiary alicyclic amines) is 1. The Morgan fingerprint density at radius 2 is 2.07 bits per heavy atom. The number of pyridine rings is 1. The molecule has 0 amide bonds. The molecule has 1 aliphatic rings. The van der Waals surface area contributed by atoms with Crippen molar-refractivity contribution >= 4 is 21.4 Å². The Kier molecular flexibility index (Phi) is 5.00. The maximum atomic E-state index is 12.4. The SMILES string of the molecule is FC(F)(F)CN1CCC(CNc2nn3cc(-c4cccnc4)nc3s2)CC1. The molecule has 144 valence electrons. The Morgan fingerprint density at radius 1 is 1.26 bits per heavy atom. The highest BCUT2D eigenvalue weighted by atomic mass is 32.1. The van der Waals surface area contributed by atoms with Crippen molar-refractivity contribution in [1.29, 1.82) is 0 Å². The summed E-state index contributed by atoms with van der Waals surface area (Å²) in [7, 11) is 0. The number of imidazole rings is 1. The summed E-state index contributed by atoms with van der Waals surface area (Å²) in [5.41, 5.74) is 1.76. The third kappa shape index (κ3) is 4.56. The second-order valence-electron chi connectivity index (χ2n) is 6.72. The van der Waals surface area contributed by atoms with E-state index in [0.717, 1.165) is 34.2 Å². The van der Waals surface area contributed by atoms with Crippen LogP contribution in [-0.4, -0.2) is 56.8 Å². The minimum Gasteiger partial charge on any atom is -0.360 e. The van der Waals surface area contributed by atoms with Crippen molar-refractivity contribution in [3.63, 3.8) is 0 Å². The summed E-state index contributed by atoms with van der Waals surface area (Å²) in [5, 5.41) is 8.57. The van der Waals surface area contributed by atoms with Gasteiger partial charge in [0.25, 0.3) is 0 Å². The van der Waals surface area contributed by atoms with Gasteiger partial charge >= 0.3 is 6.18 Å². The lowest BCUT2D eigenvalue weighted by Gasteiger charge is -2.32. The molecule has 0 atom stereocenters. The standard InChI is InChI=1S/C17H19F3N6S/c18-17(19,20)11-25-6-3-12(4-7-25)8-22-15-24-26-10-14(23-16(26)27-15)13-2-1-5-21-9-13/h1-2,5,9-10,12H,3-4,6-8,11H2,(H,22,24). The monoisotopic (exact) mass is 396 g/mol. The van der Waals surface area contributed by atoms with Gasteiger partial charge < -0.3 is 5.32 Å². The van der Waals surface area contributed by atoms with Crippen LogP contribution in [0.5, 0.6) is 0 Å². The van der Waals surface area contributed by atoms with Gasteiger partial charge in [-0.2, -0.15) is 13.2 Å². The maximum Gasteiger partial charge on any atom is 0.401 e. The summed E-state index contributed by atoms with van der Waals surface area (Å²) >= 11 is 1.46. The molecule has 10 heteroatoms. The largest absolute Gasteiger partial charge is 0.401 e. The number of nitrogens with one attached hydrogen (secondary N) is 1. The Morgan fingerprint density at radius 3 is 2.74 bits per heavy atom. The summed E-state index contributed by atoms with van der Waals surface area (Å²) in [6, 6.07) is 3.81. The zero-order chi connectivity index (χ0) is 18.9. The molecular weight excluding hydrogens is 377 g/mol. The van der Waals surface area contributed by atoms with Gasteiger partial charge in [-0.25, -0.2) is 9.50 Å². The van der Waals surface area contributed by atoms with Crippen LogP contribution in [0, 0.1) is 5.92 Å². The molecule has 0 aromatic carbocycles. The molecule has 1 saturated heterocycles. The number of hydrogen-bond acceptors (Lipinski definition) is 6. The molecule has 27 heavy (non-hydrogen) atoms. The van der Waals surface area contributed by atoms with Crippen molar-refractivity contribution in [2.45, 2.75) is 19.0 Å². The Balaban J connectivity index is 1.30. The van der Waals surface area contributed by atoms with Gasteiger partial charge in [-0.1, -0.05) is 11.3 Å². The zero-order valence-electron chi connectivity index (χ0n) is 14.5. The second-order valence-corrected chi connectivity index (χ2v) is 7.67. The van der Waals surface area contributed by atoms with Crippen molar-refractivity contribution in [2.24, 2.45) is 5.92 Å². The van der Waals surface area contributed by atoms with E-state index in [0.29, 0.717) is 25.6 Å². The third-order valence-corrected chi connectivity index (χ3v) is 5.53. The molecule has 1 aliphatic heterocycles. The van der Waals surface area contributed by atoms with Gasteiger partial charge in [-0.3, -0.25) is 9.88 Å². The molecular formula is C17H19F3N6S. The third-order valence-electron chi connectivity index (χ3n) is 4.65. The molecule has 0 aliphatic carbocycles. The smallest absolute Gasteiger partial charge is 0.360 e. The maximum absolute atomic E-state index is 12.4. The lowest BCUT2D eigenvalue weighted by atomic mass is 9.97. The van der Waals surface area contributed by atoms with Crippen molar-refractivity contribution < 1.29 is 13.2 Å². The number of rotatable bonds is 5. The predicted molar refractivity (Wildman–Crippen MR) is 97.8 cm³/mol. The van der Waals surface area contributed by atoms with Gasteiger partial charge in [0, 0.05) is 24.5 Å². The van der Waals surface area contributed by atoms with Gasteiger partial charge in [0.15, 0.2) is 0 Å². The molecule has 0 saturated carbocycles. The minimum atomic E-state index is -4.12. The van der Waals surface area contributed by atoms with Crippen molar-refractivity contribution in [2.75, 3.05) is 31.5 Å². The number of nitrogens with zero attached hydrogens (tertiary/aromatic N) is 5. The van der Waals surface area contributed by atoms with Gasteiger partial charge in [-0.05, 0) is 44.0 Å². The van der Waals surface area contributed by atoms with Crippen molar-refractivity contribution in [3.05, 3.63) is 30.7 Å². The normalized spacial score (nSPS) is 16.9. The number of hydrogen-bond donors (Lipinski definition) is 1.